The van der Waals surface area contributed by atoms with Gasteiger partial charge in [0.15, 0.2) is 0 Å². The van der Waals surface area contributed by atoms with Crippen molar-refractivity contribution in [2.45, 2.75) is 31.7 Å². The lowest BCUT2D eigenvalue weighted by atomic mass is 9.88. The Kier molecular flexibility index (Phi) is 9.12. The van der Waals surface area contributed by atoms with E-state index in [1.54, 1.807) is 23.2 Å². The number of amides is 3. The number of ether oxygens (including phenoxy) is 2. The maximum atomic E-state index is 13.4. The number of aryl methyl sites for hydroxylation is 1. The van der Waals surface area contributed by atoms with Gasteiger partial charge in [0.25, 0.3) is 5.91 Å². The summed E-state index contributed by atoms with van der Waals surface area (Å²) in [6.45, 7) is 3.11. The van der Waals surface area contributed by atoms with Crippen LogP contribution in [-0.2, 0) is 16.1 Å². The lowest BCUT2D eigenvalue weighted by Crippen LogP contribution is -2.39. The fourth-order valence-electron chi connectivity index (χ4n) is 5.44. The van der Waals surface area contributed by atoms with Crippen LogP contribution in [0.25, 0.3) is 0 Å². The molecule has 41 heavy (non-hydrogen) atoms. The number of nitrogens with one attached hydrogen (secondary N) is 1. The third-order valence-electron chi connectivity index (χ3n) is 7.65. The molecule has 216 valence electrons. The summed E-state index contributed by atoms with van der Waals surface area (Å²) in [5.74, 6) is 0.416. The molecule has 3 amide bonds. The van der Waals surface area contributed by atoms with Crippen LogP contribution in [0.5, 0.6) is 11.6 Å². The van der Waals surface area contributed by atoms with Gasteiger partial charge in [-0.15, -0.1) is 0 Å². The molecule has 1 N–H and O–H groups in total. The monoisotopic (exact) mass is 560 g/mol. The largest absolute Gasteiger partial charge is 0.492 e. The lowest BCUT2D eigenvalue weighted by Gasteiger charge is -2.24. The number of hydrogen-bond donors (Lipinski definition) is 1. The second-order valence-corrected chi connectivity index (χ2v) is 10.3. The summed E-state index contributed by atoms with van der Waals surface area (Å²) in [6, 6.07) is 12.9. The topological polar surface area (TPSA) is 119 Å². The van der Waals surface area contributed by atoms with E-state index in [1.165, 1.54) is 13.3 Å². The molecule has 4 heterocycles. The molecule has 2 aliphatic rings. The molecule has 11 nitrogen and oxygen atoms in total. The number of fused-ring (bicyclic) bond motifs is 4. The van der Waals surface area contributed by atoms with Crippen molar-refractivity contribution in [3.8, 4) is 11.6 Å². The summed E-state index contributed by atoms with van der Waals surface area (Å²) in [5.41, 5.74) is 1.42. The molecule has 2 bridgehead atoms. The second-order valence-electron chi connectivity index (χ2n) is 10.3. The fourth-order valence-corrected chi connectivity index (χ4v) is 5.44. The van der Waals surface area contributed by atoms with Crippen molar-refractivity contribution in [3.63, 3.8) is 0 Å². The number of nitrogens with zero attached hydrogens (tertiary/aromatic N) is 5. The quantitative estimate of drug-likeness (QED) is 0.492. The number of carbonyl (C=O) groups is 3. The molecule has 0 spiro atoms. The molecule has 5 rings (SSSR count). The van der Waals surface area contributed by atoms with Gasteiger partial charge in [0.05, 0.1) is 25.1 Å². The summed E-state index contributed by atoms with van der Waals surface area (Å²) < 4.78 is 13.0. The predicted octanol–water partition coefficient (Wildman–Crippen LogP) is 2.35. The van der Waals surface area contributed by atoms with Crippen molar-refractivity contribution in [3.05, 3.63) is 72.2 Å². The van der Waals surface area contributed by atoms with E-state index < -0.39 is 0 Å². The summed E-state index contributed by atoms with van der Waals surface area (Å²) in [6.07, 6.45) is 6.78. The van der Waals surface area contributed by atoms with Crippen molar-refractivity contribution in [1.29, 1.82) is 0 Å². The van der Waals surface area contributed by atoms with E-state index >= 15 is 0 Å². The summed E-state index contributed by atoms with van der Waals surface area (Å²) in [5, 5.41) is 7.26. The number of likely N-dealkylation sites (tertiary alicyclic amines) is 1. The van der Waals surface area contributed by atoms with Crippen LogP contribution in [0.4, 0.5) is 0 Å². The predicted molar refractivity (Wildman–Crippen MR) is 151 cm³/mol. The number of pyridine rings is 1. The highest BCUT2D eigenvalue weighted by Gasteiger charge is 2.40. The van der Waals surface area contributed by atoms with Crippen LogP contribution in [0.3, 0.4) is 0 Å². The van der Waals surface area contributed by atoms with Crippen molar-refractivity contribution in [2.24, 2.45) is 5.92 Å². The molecule has 3 aromatic rings. The molecule has 1 fully saturated rings. The molecule has 2 atom stereocenters. The maximum absolute atomic E-state index is 13.4. The van der Waals surface area contributed by atoms with Crippen LogP contribution < -0.4 is 14.8 Å². The molecule has 1 saturated heterocycles. The minimum atomic E-state index is -0.369. The SMILES string of the molecule is COc1ccc(C(=O)N2CCCNC(=O)[C@H]3CN(C(=O)CCCn4cccn4)C[C@@H]3c3cccc(c3)OCC2)cn1. The van der Waals surface area contributed by atoms with Gasteiger partial charge < -0.3 is 24.6 Å². The third kappa shape index (κ3) is 7.03. The molecule has 0 unspecified atom stereocenters. The Hall–Kier alpha value is -4.41. The number of carbonyl (C=O) groups excluding carboxylic acids is 3. The van der Waals surface area contributed by atoms with Crippen LogP contribution >= 0.6 is 0 Å². The molecule has 0 saturated carbocycles. The Labute approximate surface area is 239 Å². The van der Waals surface area contributed by atoms with Gasteiger partial charge in [-0.05, 0) is 42.7 Å². The molecule has 11 heteroatoms. The molecule has 0 aliphatic carbocycles. The van der Waals surface area contributed by atoms with Crippen LogP contribution in [0.2, 0.25) is 0 Å². The van der Waals surface area contributed by atoms with E-state index in [1.807, 2.05) is 46.1 Å². The Morgan fingerprint density at radius 3 is 2.76 bits per heavy atom. The average Bonchev–Trinajstić information content (AvgIpc) is 3.68. The van der Waals surface area contributed by atoms with E-state index in [0.29, 0.717) is 82.3 Å². The maximum Gasteiger partial charge on any atom is 0.255 e. The van der Waals surface area contributed by atoms with Crippen LogP contribution in [0.1, 0.15) is 41.1 Å². The van der Waals surface area contributed by atoms with E-state index in [9.17, 15) is 14.4 Å². The molecular formula is C30H36N6O5. The van der Waals surface area contributed by atoms with Crippen LogP contribution in [0.15, 0.2) is 61.1 Å². The average molecular weight is 561 g/mol. The molecular weight excluding hydrogens is 524 g/mol. The summed E-state index contributed by atoms with van der Waals surface area (Å²) in [4.78, 5) is 47.4. The summed E-state index contributed by atoms with van der Waals surface area (Å²) in [7, 11) is 1.53. The van der Waals surface area contributed by atoms with E-state index in [4.69, 9.17) is 9.47 Å². The molecule has 2 aliphatic heterocycles. The first-order valence-electron chi connectivity index (χ1n) is 14.1. The van der Waals surface area contributed by atoms with Crippen molar-refractivity contribution >= 4 is 17.7 Å². The van der Waals surface area contributed by atoms with E-state index in [2.05, 4.69) is 15.4 Å². The first-order valence-corrected chi connectivity index (χ1v) is 14.1. The number of aromatic nitrogens is 3. The number of benzene rings is 1. The zero-order chi connectivity index (χ0) is 28.6. The second kappa shape index (κ2) is 13.3. The minimum Gasteiger partial charge on any atom is -0.492 e. The molecule has 1 aromatic carbocycles. The van der Waals surface area contributed by atoms with Crippen LogP contribution in [-0.4, -0.2) is 88.7 Å². The van der Waals surface area contributed by atoms with Gasteiger partial charge in [0, 0.05) is 69.7 Å². The van der Waals surface area contributed by atoms with E-state index in [0.717, 1.165) is 5.56 Å². The highest BCUT2D eigenvalue weighted by atomic mass is 16.5. The van der Waals surface area contributed by atoms with Gasteiger partial charge in [0.2, 0.25) is 17.7 Å². The zero-order valence-corrected chi connectivity index (χ0v) is 23.3. The normalized spacial score (nSPS) is 19.5. The zero-order valence-electron chi connectivity index (χ0n) is 23.3. The Bertz CT molecular complexity index is 1330. The smallest absolute Gasteiger partial charge is 0.255 e. The van der Waals surface area contributed by atoms with Gasteiger partial charge >= 0.3 is 0 Å². The van der Waals surface area contributed by atoms with Gasteiger partial charge in [-0.3, -0.25) is 19.1 Å². The highest BCUT2D eigenvalue weighted by Crippen LogP contribution is 2.35. The number of hydrogen-bond acceptors (Lipinski definition) is 7. The molecule has 0 radical (unpaired) electrons. The van der Waals surface area contributed by atoms with Crippen molar-refractivity contribution in [1.82, 2.24) is 29.9 Å². The first kappa shape index (κ1) is 28.1. The van der Waals surface area contributed by atoms with Gasteiger partial charge in [-0.1, -0.05) is 12.1 Å². The Morgan fingerprint density at radius 2 is 1.98 bits per heavy atom. The minimum absolute atomic E-state index is 0.0463. The standard InChI is InChI=1S/C30H36N6O5/c1-40-27-10-9-23(19-32-27)30(39)34-13-4-11-31-29(38)26-21-35(28(37)8-3-14-36-15-5-12-33-36)20-25(26)22-6-2-7-24(18-22)41-17-16-34/h2,5-7,9-10,12,15,18-19,25-26H,3-4,8,11,13-14,16-17,20-21H2,1H3,(H,31,38)/t25-,26+/m1/s1. The van der Waals surface area contributed by atoms with E-state index in [-0.39, 0.29) is 29.6 Å². The first-order chi connectivity index (χ1) is 20.0. The fraction of sp³-hybridized carbons (Fsp3) is 0.433. The van der Waals surface area contributed by atoms with Crippen molar-refractivity contribution < 1.29 is 23.9 Å². The van der Waals surface area contributed by atoms with Gasteiger partial charge in [0.1, 0.15) is 12.4 Å². The molecule has 2 aromatic heterocycles. The third-order valence-corrected chi connectivity index (χ3v) is 7.65. The van der Waals surface area contributed by atoms with Gasteiger partial charge in [-0.2, -0.15) is 5.10 Å². The number of methoxy groups -OCH3 is 1. The van der Waals surface area contributed by atoms with Crippen molar-refractivity contribution in [2.75, 3.05) is 46.4 Å². The van der Waals surface area contributed by atoms with Crippen LogP contribution in [0, 0.1) is 5.92 Å². The highest BCUT2D eigenvalue weighted by molar-refractivity contribution is 5.94. The Balaban J connectivity index is 1.26. The Morgan fingerprint density at radius 1 is 1.10 bits per heavy atom. The lowest BCUT2D eigenvalue weighted by molar-refractivity contribution is -0.130. The summed E-state index contributed by atoms with van der Waals surface area (Å²) >= 11 is 0. The van der Waals surface area contributed by atoms with Gasteiger partial charge in [-0.25, -0.2) is 4.98 Å². The number of rotatable bonds is 6.